The van der Waals surface area contributed by atoms with Gasteiger partial charge in [-0.05, 0) is 23.7 Å². The molecule has 0 radical (unpaired) electrons. The predicted molar refractivity (Wildman–Crippen MR) is 39.7 cm³/mol. The van der Waals surface area contributed by atoms with Crippen molar-refractivity contribution in [2.24, 2.45) is 5.73 Å². The number of nitrogens with two attached hydrogens (primary N) is 1. The second-order valence-electron chi connectivity index (χ2n) is 1.33. The van der Waals surface area contributed by atoms with Gasteiger partial charge in [0.2, 0.25) is 0 Å². The normalized spacial score (nSPS) is 7.30. The van der Waals surface area contributed by atoms with Crippen molar-refractivity contribution in [2.45, 2.75) is 0 Å². The topological polar surface area (TPSA) is 56.0 Å². The highest BCUT2D eigenvalue weighted by molar-refractivity contribution is 6.62. The molecule has 1 heterocycles. The van der Waals surface area contributed by atoms with Crippen molar-refractivity contribution in [1.82, 2.24) is 4.98 Å². The van der Waals surface area contributed by atoms with E-state index < -0.39 is 5.37 Å². The number of hydrogen-bond acceptors (Lipinski definition) is 2. The number of primary amides is 1. The Morgan fingerprint density at radius 1 is 1.30 bits per heavy atom. The van der Waals surface area contributed by atoms with E-state index in [0.717, 1.165) is 0 Å². The molecule has 0 fully saturated rings. The summed E-state index contributed by atoms with van der Waals surface area (Å²) in [5, 5.41) is -0.861. The number of amides is 1. The minimum atomic E-state index is -0.861. The molecule has 10 heavy (non-hydrogen) atoms. The van der Waals surface area contributed by atoms with Gasteiger partial charge in [-0.3, -0.25) is 9.78 Å². The summed E-state index contributed by atoms with van der Waals surface area (Å²) in [5.41, 5.74) is 4.24. The van der Waals surface area contributed by atoms with Crippen LogP contribution in [0.1, 0.15) is 0 Å². The molecule has 0 saturated heterocycles. The standard InChI is InChI=1S/C5H5N.CH2ClNO/c1-2-4-6-5-3-1;2-1(3)4/h1-5H;(H2,3,4). The van der Waals surface area contributed by atoms with Crippen LogP contribution in [0, 0.1) is 0 Å². The number of aromatic nitrogens is 1. The summed E-state index contributed by atoms with van der Waals surface area (Å²) in [5.74, 6) is 0. The van der Waals surface area contributed by atoms with Crippen molar-refractivity contribution in [3.8, 4) is 0 Å². The lowest BCUT2D eigenvalue weighted by molar-refractivity contribution is 0.266. The predicted octanol–water partition coefficient (Wildman–Crippen LogP) is 1.39. The summed E-state index contributed by atoms with van der Waals surface area (Å²) < 4.78 is 0. The Hall–Kier alpha value is -1.09. The molecule has 0 aromatic carbocycles. The van der Waals surface area contributed by atoms with Crippen molar-refractivity contribution in [1.29, 1.82) is 0 Å². The highest BCUT2D eigenvalue weighted by Crippen LogP contribution is 1.73. The van der Waals surface area contributed by atoms with Crippen LogP contribution in [0.3, 0.4) is 0 Å². The fourth-order valence-corrected chi connectivity index (χ4v) is 0.313. The average molecular weight is 159 g/mol. The molecule has 2 N–H and O–H groups in total. The number of carbonyl (C=O) groups is 1. The van der Waals surface area contributed by atoms with Crippen LogP contribution in [0.15, 0.2) is 30.6 Å². The number of carbonyl (C=O) groups excluding carboxylic acids is 1. The van der Waals surface area contributed by atoms with Crippen LogP contribution in [0.5, 0.6) is 0 Å². The molecule has 3 nitrogen and oxygen atoms in total. The monoisotopic (exact) mass is 158 g/mol. The van der Waals surface area contributed by atoms with Gasteiger partial charge in [0.25, 0.3) is 0 Å². The van der Waals surface area contributed by atoms with Crippen molar-refractivity contribution in [2.75, 3.05) is 0 Å². The molecule has 54 valence electrons. The van der Waals surface area contributed by atoms with Crippen molar-refractivity contribution in [3.63, 3.8) is 0 Å². The summed E-state index contributed by atoms with van der Waals surface area (Å²) in [4.78, 5) is 12.8. The lowest BCUT2D eigenvalue weighted by atomic mass is 10.5. The minimum Gasteiger partial charge on any atom is -0.356 e. The highest BCUT2D eigenvalue weighted by atomic mass is 35.5. The molecule has 4 heteroatoms. The fraction of sp³-hybridized carbons (Fsp3) is 0. The molecular weight excluding hydrogens is 152 g/mol. The largest absolute Gasteiger partial charge is 0.356 e. The van der Waals surface area contributed by atoms with Crippen molar-refractivity contribution < 1.29 is 4.79 Å². The SMILES string of the molecule is NC(=O)Cl.c1ccncc1. The van der Waals surface area contributed by atoms with E-state index in [1.165, 1.54) is 0 Å². The molecule has 0 aliphatic rings. The summed E-state index contributed by atoms with van der Waals surface area (Å²) in [6.07, 6.45) is 3.50. The van der Waals surface area contributed by atoms with Crippen LogP contribution in [0.25, 0.3) is 0 Å². The van der Waals surface area contributed by atoms with E-state index in [-0.39, 0.29) is 0 Å². The third-order valence-corrected chi connectivity index (χ3v) is 0.566. The van der Waals surface area contributed by atoms with Crippen LogP contribution in [-0.4, -0.2) is 10.4 Å². The van der Waals surface area contributed by atoms with Gasteiger partial charge in [-0.25, -0.2) is 0 Å². The molecule has 1 aromatic rings. The molecule has 0 aliphatic carbocycles. The average Bonchev–Trinajstić information content (AvgIpc) is 1.90. The van der Waals surface area contributed by atoms with Gasteiger partial charge in [-0.2, -0.15) is 0 Å². The first-order chi connectivity index (χ1) is 4.73. The summed E-state index contributed by atoms with van der Waals surface area (Å²) in [6.45, 7) is 0. The first-order valence-corrected chi connectivity index (χ1v) is 2.91. The Morgan fingerprint density at radius 3 is 1.80 bits per heavy atom. The smallest absolute Gasteiger partial charge is 0.311 e. The van der Waals surface area contributed by atoms with Gasteiger partial charge in [0.05, 0.1) is 0 Å². The van der Waals surface area contributed by atoms with E-state index in [4.69, 9.17) is 4.79 Å². The molecule has 0 bridgehead atoms. The first-order valence-electron chi connectivity index (χ1n) is 2.53. The molecule has 1 rings (SSSR count). The second-order valence-corrected chi connectivity index (χ2v) is 1.70. The third kappa shape index (κ3) is 10.0. The Morgan fingerprint density at radius 2 is 1.70 bits per heavy atom. The van der Waals surface area contributed by atoms with Crippen LogP contribution in [-0.2, 0) is 0 Å². The van der Waals surface area contributed by atoms with Crippen LogP contribution in [0.2, 0.25) is 0 Å². The molecule has 0 spiro atoms. The number of rotatable bonds is 0. The minimum absolute atomic E-state index is 0.861. The zero-order valence-corrected chi connectivity index (χ0v) is 5.95. The molecular formula is C6H7ClN2O. The summed E-state index contributed by atoms with van der Waals surface area (Å²) in [7, 11) is 0. The summed E-state index contributed by atoms with van der Waals surface area (Å²) in [6, 6.07) is 5.72. The van der Waals surface area contributed by atoms with Gasteiger partial charge >= 0.3 is 5.37 Å². The Balaban J connectivity index is 0.000000180. The number of hydrogen-bond donors (Lipinski definition) is 1. The zero-order valence-electron chi connectivity index (χ0n) is 5.20. The number of pyridine rings is 1. The van der Waals surface area contributed by atoms with Gasteiger partial charge in [0.1, 0.15) is 0 Å². The number of halogens is 1. The van der Waals surface area contributed by atoms with Crippen LogP contribution >= 0.6 is 11.6 Å². The Bertz CT molecular complexity index is 148. The van der Waals surface area contributed by atoms with Gasteiger partial charge in [-0.15, -0.1) is 0 Å². The van der Waals surface area contributed by atoms with E-state index in [1.807, 2.05) is 18.2 Å². The maximum atomic E-state index is 8.99. The Labute approximate surface area is 63.8 Å². The fourth-order valence-electron chi connectivity index (χ4n) is 0.313. The first kappa shape index (κ1) is 8.91. The Kier molecular flexibility index (Phi) is 5.38. The van der Waals surface area contributed by atoms with Gasteiger partial charge in [-0.1, -0.05) is 6.07 Å². The third-order valence-electron chi connectivity index (χ3n) is 0.566. The zero-order chi connectivity index (χ0) is 7.82. The lowest BCUT2D eigenvalue weighted by Gasteiger charge is -1.70. The molecule has 0 unspecified atom stereocenters. The van der Waals surface area contributed by atoms with E-state index in [1.54, 1.807) is 12.4 Å². The molecule has 0 saturated carbocycles. The van der Waals surface area contributed by atoms with Crippen molar-refractivity contribution >= 4 is 17.0 Å². The van der Waals surface area contributed by atoms with Crippen molar-refractivity contribution in [3.05, 3.63) is 30.6 Å². The van der Waals surface area contributed by atoms with E-state index in [2.05, 4.69) is 22.3 Å². The molecule has 1 aromatic heterocycles. The maximum Gasteiger partial charge on any atom is 0.311 e. The lowest BCUT2D eigenvalue weighted by Crippen LogP contribution is -1.94. The van der Waals surface area contributed by atoms with Gasteiger partial charge in [0, 0.05) is 12.4 Å². The highest BCUT2D eigenvalue weighted by Gasteiger charge is 1.66. The quantitative estimate of drug-likeness (QED) is 0.458. The summed E-state index contributed by atoms with van der Waals surface area (Å²) >= 11 is 4.41. The van der Waals surface area contributed by atoms with Gasteiger partial charge < -0.3 is 5.73 Å². The molecule has 0 atom stereocenters. The molecule has 0 aliphatic heterocycles. The van der Waals surface area contributed by atoms with Gasteiger partial charge in [0.15, 0.2) is 0 Å². The van der Waals surface area contributed by atoms with E-state index in [0.29, 0.717) is 0 Å². The van der Waals surface area contributed by atoms with E-state index >= 15 is 0 Å². The van der Waals surface area contributed by atoms with Crippen LogP contribution in [0.4, 0.5) is 4.79 Å². The maximum absolute atomic E-state index is 8.99. The van der Waals surface area contributed by atoms with Crippen LogP contribution < -0.4 is 5.73 Å². The molecule has 1 amide bonds. The second kappa shape index (κ2) is 6.04. The number of nitrogens with zero attached hydrogens (tertiary/aromatic N) is 1. The van der Waals surface area contributed by atoms with E-state index in [9.17, 15) is 0 Å².